The quantitative estimate of drug-likeness (QED) is 0.830. The minimum Gasteiger partial charge on any atom is -0.367 e. The summed E-state index contributed by atoms with van der Waals surface area (Å²) in [4.78, 5) is 19.5. The average molecular weight is 251 g/mol. The Balaban J connectivity index is 2.49. The molecule has 0 aliphatic carbocycles. The van der Waals surface area contributed by atoms with E-state index in [1.165, 1.54) is 0 Å². The highest BCUT2D eigenvalue weighted by atomic mass is 16.5. The van der Waals surface area contributed by atoms with Gasteiger partial charge in [0.15, 0.2) is 0 Å². The molecule has 0 atom stereocenters. The fraction of sp³-hybridized carbons (Fsp3) is 0.692. The first-order valence-electron chi connectivity index (χ1n) is 6.64. The molecule has 5 heteroatoms. The maximum Gasteiger partial charge on any atom is 0.255 e. The predicted molar refractivity (Wildman–Crippen MR) is 69.3 cm³/mol. The summed E-state index contributed by atoms with van der Waals surface area (Å²) in [5.41, 5.74) is 1.12. The van der Waals surface area contributed by atoms with Gasteiger partial charge in [0, 0.05) is 19.7 Å². The van der Waals surface area contributed by atoms with Crippen LogP contribution in [-0.2, 0) is 23.4 Å². The molecule has 2 rings (SSSR count). The summed E-state index contributed by atoms with van der Waals surface area (Å²) >= 11 is 0. The molecule has 1 aromatic rings. The van der Waals surface area contributed by atoms with Gasteiger partial charge in [0.1, 0.15) is 11.4 Å². The van der Waals surface area contributed by atoms with Crippen molar-refractivity contribution in [3.05, 3.63) is 27.4 Å². The van der Waals surface area contributed by atoms with Crippen LogP contribution in [0.2, 0.25) is 0 Å². The number of aromatic amines is 1. The Kier molecular flexibility index (Phi) is 3.82. The molecule has 0 radical (unpaired) electrons. The Morgan fingerprint density at radius 2 is 2.00 bits per heavy atom. The molecule has 0 bridgehead atoms. The Morgan fingerprint density at radius 3 is 2.61 bits per heavy atom. The van der Waals surface area contributed by atoms with E-state index >= 15 is 0 Å². The standard InChI is InChI=1S/C13H21N3O2/c1-4-13(5-2,18-6-3)12-15-10-8-14-7-9(10)11(17)16-12/h14H,4-8H2,1-3H3,(H,15,16,17). The van der Waals surface area contributed by atoms with E-state index in [-0.39, 0.29) is 5.56 Å². The Bertz CT molecular complexity index is 478. The summed E-state index contributed by atoms with van der Waals surface area (Å²) < 4.78 is 5.88. The Hall–Kier alpha value is -1.20. The van der Waals surface area contributed by atoms with Gasteiger partial charge in [0.2, 0.25) is 0 Å². The van der Waals surface area contributed by atoms with Crippen molar-refractivity contribution in [2.24, 2.45) is 0 Å². The predicted octanol–water partition coefficient (Wildman–Crippen LogP) is 1.42. The van der Waals surface area contributed by atoms with Crippen molar-refractivity contribution in [1.29, 1.82) is 0 Å². The summed E-state index contributed by atoms with van der Waals surface area (Å²) in [7, 11) is 0. The lowest BCUT2D eigenvalue weighted by atomic mass is 9.95. The van der Waals surface area contributed by atoms with E-state index in [1.54, 1.807) is 0 Å². The van der Waals surface area contributed by atoms with Gasteiger partial charge in [-0.15, -0.1) is 0 Å². The van der Waals surface area contributed by atoms with E-state index in [9.17, 15) is 4.79 Å². The summed E-state index contributed by atoms with van der Waals surface area (Å²) in [6.07, 6.45) is 1.60. The number of nitrogens with one attached hydrogen (secondary N) is 2. The summed E-state index contributed by atoms with van der Waals surface area (Å²) in [6.45, 7) is 7.98. The number of fused-ring (bicyclic) bond motifs is 1. The molecule has 0 amide bonds. The van der Waals surface area contributed by atoms with Crippen LogP contribution in [0.25, 0.3) is 0 Å². The highest BCUT2D eigenvalue weighted by Crippen LogP contribution is 2.30. The zero-order chi connectivity index (χ0) is 13.2. The van der Waals surface area contributed by atoms with Crippen LogP contribution in [0.3, 0.4) is 0 Å². The maximum atomic E-state index is 12.0. The first-order chi connectivity index (χ1) is 8.66. The van der Waals surface area contributed by atoms with Crippen LogP contribution in [0.4, 0.5) is 0 Å². The van der Waals surface area contributed by atoms with Crippen LogP contribution in [0, 0.1) is 0 Å². The van der Waals surface area contributed by atoms with Gasteiger partial charge in [0.25, 0.3) is 5.56 Å². The van der Waals surface area contributed by atoms with Gasteiger partial charge in [-0.05, 0) is 19.8 Å². The van der Waals surface area contributed by atoms with Gasteiger partial charge in [-0.3, -0.25) is 4.79 Å². The van der Waals surface area contributed by atoms with E-state index in [1.807, 2.05) is 6.92 Å². The van der Waals surface area contributed by atoms with Gasteiger partial charge < -0.3 is 15.0 Å². The molecular weight excluding hydrogens is 230 g/mol. The number of H-pyrrole nitrogens is 1. The molecule has 1 aromatic heterocycles. The van der Waals surface area contributed by atoms with Crippen LogP contribution in [0.15, 0.2) is 4.79 Å². The monoisotopic (exact) mass is 251 g/mol. The average Bonchev–Trinajstić information content (AvgIpc) is 2.85. The van der Waals surface area contributed by atoms with Crippen molar-refractivity contribution in [3.8, 4) is 0 Å². The lowest BCUT2D eigenvalue weighted by Crippen LogP contribution is -2.34. The molecule has 5 nitrogen and oxygen atoms in total. The lowest BCUT2D eigenvalue weighted by molar-refractivity contribution is -0.0574. The Morgan fingerprint density at radius 1 is 1.28 bits per heavy atom. The number of hydrogen-bond donors (Lipinski definition) is 2. The van der Waals surface area contributed by atoms with Gasteiger partial charge in [-0.2, -0.15) is 0 Å². The van der Waals surface area contributed by atoms with Crippen LogP contribution in [-0.4, -0.2) is 16.6 Å². The topological polar surface area (TPSA) is 67.0 Å². The third kappa shape index (κ3) is 2.08. The number of rotatable bonds is 5. The van der Waals surface area contributed by atoms with Crippen molar-refractivity contribution >= 4 is 0 Å². The van der Waals surface area contributed by atoms with Crippen molar-refractivity contribution in [3.63, 3.8) is 0 Å². The smallest absolute Gasteiger partial charge is 0.255 e. The van der Waals surface area contributed by atoms with Crippen molar-refractivity contribution in [1.82, 2.24) is 15.3 Å². The third-order valence-electron chi connectivity index (χ3n) is 3.69. The first kappa shape index (κ1) is 13.2. The summed E-state index contributed by atoms with van der Waals surface area (Å²) in [5.74, 6) is 0.668. The second kappa shape index (κ2) is 5.20. The van der Waals surface area contributed by atoms with Crippen LogP contribution in [0.1, 0.15) is 50.7 Å². The number of nitrogens with zero attached hydrogens (tertiary/aromatic N) is 1. The van der Waals surface area contributed by atoms with Crippen LogP contribution >= 0.6 is 0 Å². The molecule has 0 aromatic carbocycles. The van der Waals surface area contributed by atoms with Crippen molar-refractivity contribution in [2.45, 2.75) is 52.3 Å². The van der Waals surface area contributed by atoms with E-state index in [0.717, 1.165) is 24.1 Å². The molecule has 0 fully saturated rings. The van der Waals surface area contributed by atoms with Crippen molar-refractivity contribution in [2.75, 3.05) is 6.61 Å². The molecule has 2 N–H and O–H groups in total. The van der Waals surface area contributed by atoms with Crippen molar-refractivity contribution < 1.29 is 4.74 Å². The fourth-order valence-corrected chi connectivity index (χ4v) is 2.53. The fourth-order valence-electron chi connectivity index (χ4n) is 2.53. The zero-order valence-electron chi connectivity index (χ0n) is 11.3. The molecule has 1 aliphatic rings. The molecule has 0 spiro atoms. The number of aromatic nitrogens is 2. The number of hydrogen-bond acceptors (Lipinski definition) is 4. The maximum absolute atomic E-state index is 12.0. The second-order valence-electron chi connectivity index (χ2n) is 4.58. The van der Waals surface area contributed by atoms with Crippen LogP contribution < -0.4 is 10.9 Å². The van der Waals surface area contributed by atoms with Gasteiger partial charge >= 0.3 is 0 Å². The zero-order valence-corrected chi connectivity index (χ0v) is 11.3. The number of ether oxygens (including phenoxy) is 1. The van der Waals surface area contributed by atoms with Gasteiger partial charge in [0.05, 0.1) is 11.3 Å². The highest BCUT2D eigenvalue weighted by molar-refractivity contribution is 5.23. The first-order valence-corrected chi connectivity index (χ1v) is 6.64. The highest BCUT2D eigenvalue weighted by Gasteiger charge is 2.33. The molecule has 1 aliphatic heterocycles. The SMILES string of the molecule is CCOC(CC)(CC)c1nc2c(c(=O)[nH]1)CNC2. The lowest BCUT2D eigenvalue weighted by Gasteiger charge is -2.30. The van der Waals surface area contributed by atoms with E-state index in [2.05, 4.69) is 29.1 Å². The molecule has 100 valence electrons. The van der Waals surface area contributed by atoms with E-state index < -0.39 is 5.60 Å². The van der Waals surface area contributed by atoms with Gasteiger partial charge in [-0.1, -0.05) is 13.8 Å². The summed E-state index contributed by atoms with van der Waals surface area (Å²) in [5, 5.41) is 3.15. The molecule has 0 unspecified atom stereocenters. The third-order valence-corrected chi connectivity index (χ3v) is 3.69. The minimum absolute atomic E-state index is 0.0361. The second-order valence-corrected chi connectivity index (χ2v) is 4.58. The Labute approximate surface area is 107 Å². The largest absolute Gasteiger partial charge is 0.367 e. The summed E-state index contributed by atoms with van der Waals surface area (Å²) in [6, 6.07) is 0. The molecule has 18 heavy (non-hydrogen) atoms. The normalized spacial score (nSPS) is 14.8. The molecule has 0 saturated carbocycles. The molecule has 2 heterocycles. The van der Waals surface area contributed by atoms with E-state index in [4.69, 9.17) is 4.74 Å². The van der Waals surface area contributed by atoms with Gasteiger partial charge in [-0.25, -0.2) is 4.98 Å². The van der Waals surface area contributed by atoms with E-state index in [0.29, 0.717) is 25.5 Å². The minimum atomic E-state index is -0.467. The van der Waals surface area contributed by atoms with Crippen LogP contribution in [0.5, 0.6) is 0 Å². The molecular formula is C13H21N3O2. The molecule has 0 saturated heterocycles.